The summed E-state index contributed by atoms with van der Waals surface area (Å²) in [5.41, 5.74) is 2.83. The Hall–Kier alpha value is -2.20. The zero-order chi connectivity index (χ0) is 16.2. The van der Waals surface area contributed by atoms with Gasteiger partial charge in [0.15, 0.2) is 0 Å². The second-order valence-electron chi connectivity index (χ2n) is 6.00. The van der Waals surface area contributed by atoms with Crippen molar-refractivity contribution in [1.82, 2.24) is 5.32 Å². The van der Waals surface area contributed by atoms with Crippen molar-refractivity contribution in [2.75, 3.05) is 5.32 Å². The molecule has 3 nitrogen and oxygen atoms in total. The summed E-state index contributed by atoms with van der Waals surface area (Å²) in [6, 6.07) is 14.3. The molecular formula is C19H21FN2O. The molecule has 0 aromatic heterocycles. The average molecular weight is 312 g/mol. The normalized spacial score (nSPS) is 18.1. The van der Waals surface area contributed by atoms with E-state index >= 15 is 0 Å². The SMILES string of the molecule is C[C@H](N[C@@H]1CCCc2ccccc21)C(=O)Nc1ccccc1F. The highest BCUT2D eigenvalue weighted by Gasteiger charge is 2.23. The molecule has 2 N–H and O–H groups in total. The van der Waals surface area contributed by atoms with E-state index in [2.05, 4.69) is 28.8 Å². The van der Waals surface area contributed by atoms with Gasteiger partial charge >= 0.3 is 0 Å². The minimum atomic E-state index is -0.420. The van der Waals surface area contributed by atoms with Crippen LogP contribution >= 0.6 is 0 Å². The van der Waals surface area contributed by atoms with E-state index in [1.807, 2.05) is 13.0 Å². The molecule has 1 aliphatic rings. The fourth-order valence-corrected chi connectivity index (χ4v) is 3.11. The van der Waals surface area contributed by atoms with Crippen molar-refractivity contribution >= 4 is 11.6 Å². The van der Waals surface area contributed by atoms with Gasteiger partial charge in [-0.1, -0.05) is 36.4 Å². The van der Waals surface area contributed by atoms with E-state index in [0.29, 0.717) is 0 Å². The monoisotopic (exact) mass is 312 g/mol. The number of hydrogen-bond acceptors (Lipinski definition) is 2. The van der Waals surface area contributed by atoms with Crippen LogP contribution in [0.1, 0.15) is 36.9 Å². The maximum Gasteiger partial charge on any atom is 0.241 e. The van der Waals surface area contributed by atoms with E-state index in [4.69, 9.17) is 0 Å². The maximum atomic E-state index is 13.6. The van der Waals surface area contributed by atoms with Crippen LogP contribution in [-0.4, -0.2) is 11.9 Å². The largest absolute Gasteiger partial charge is 0.322 e. The van der Waals surface area contributed by atoms with Crippen LogP contribution in [0.4, 0.5) is 10.1 Å². The third-order valence-electron chi connectivity index (χ3n) is 4.35. The quantitative estimate of drug-likeness (QED) is 0.901. The molecule has 2 atom stereocenters. The molecular weight excluding hydrogens is 291 g/mol. The number of amides is 1. The number of aryl methyl sites for hydroxylation is 1. The summed E-state index contributed by atoms with van der Waals surface area (Å²) in [5, 5.41) is 6.03. The maximum absolute atomic E-state index is 13.6. The lowest BCUT2D eigenvalue weighted by Crippen LogP contribution is -2.41. The van der Waals surface area contributed by atoms with E-state index < -0.39 is 11.9 Å². The van der Waals surface area contributed by atoms with Crippen LogP contribution < -0.4 is 10.6 Å². The molecule has 0 aliphatic heterocycles. The Bertz CT molecular complexity index is 701. The zero-order valence-electron chi connectivity index (χ0n) is 13.2. The van der Waals surface area contributed by atoms with E-state index in [-0.39, 0.29) is 17.6 Å². The standard InChI is InChI=1S/C19H21FN2O/c1-13(19(23)22-18-11-5-4-10-16(18)20)21-17-12-6-8-14-7-2-3-9-15(14)17/h2-5,7,9-11,13,17,21H,6,8,12H2,1H3,(H,22,23)/t13-,17+/m0/s1. The first kappa shape index (κ1) is 15.7. The minimum Gasteiger partial charge on any atom is -0.322 e. The second-order valence-corrected chi connectivity index (χ2v) is 6.00. The second kappa shape index (κ2) is 6.92. The molecule has 3 rings (SSSR count). The van der Waals surface area contributed by atoms with Gasteiger partial charge < -0.3 is 5.32 Å². The van der Waals surface area contributed by atoms with Gasteiger partial charge in [-0.3, -0.25) is 10.1 Å². The molecule has 120 valence electrons. The van der Waals surface area contributed by atoms with Crippen LogP contribution in [0.25, 0.3) is 0 Å². The first-order valence-corrected chi connectivity index (χ1v) is 8.04. The highest BCUT2D eigenvalue weighted by Crippen LogP contribution is 2.29. The van der Waals surface area contributed by atoms with Gasteiger partial charge in [-0.2, -0.15) is 0 Å². The number of benzene rings is 2. The highest BCUT2D eigenvalue weighted by molar-refractivity contribution is 5.94. The topological polar surface area (TPSA) is 41.1 Å². The number of carbonyl (C=O) groups is 1. The van der Waals surface area contributed by atoms with Gasteiger partial charge in [0.1, 0.15) is 5.82 Å². The fraction of sp³-hybridized carbons (Fsp3) is 0.316. The van der Waals surface area contributed by atoms with E-state index in [1.54, 1.807) is 18.2 Å². The van der Waals surface area contributed by atoms with Crippen molar-refractivity contribution in [2.24, 2.45) is 0 Å². The molecule has 0 unspecified atom stereocenters. The molecule has 0 fully saturated rings. The molecule has 1 amide bonds. The number of fused-ring (bicyclic) bond motifs is 1. The zero-order valence-corrected chi connectivity index (χ0v) is 13.2. The summed E-state index contributed by atoms with van der Waals surface area (Å²) < 4.78 is 13.6. The molecule has 2 aromatic carbocycles. The summed E-state index contributed by atoms with van der Waals surface area (Å²) in [7, 11) is 0. The Balaban J connectivity index is 1.67. The van der Waals surface area contributed by atoms with Crippen LogP contribution in [0.5, 0.6) is 0 Å². The van der Waals surface area contributed by atoms with Crippen molar-refractivity contribution < 1.29 is 9.18 Å². The third-order valence-corrected chi connectivity index (χ3v) is 4.35. The average Bonchev–Trinajstić information content (AvgIpc) is 2.57. The van der Waals surface area contributed by atoms with Gasteiger partial charge in [-0.25, -0.2) is 4.39 Å². The molecule has 4 heteroatoms. The number of rotatable bonds is 4. The van der Waals surface area contributed by atoms with Crippen LogP contribution in [0, 0.1) is 5.82 Å². The van der Waals surface area contributed by atoms with Gasteiger partial charge in [0.2, 0.25) is 5.91 Å². The predicted molar refractivity (Wildman–Crippen MR) is 89.7 cm³/mol. The molecule has 1 aliphatic carbocycles. The van der Waals surface area contributed by atoms with Crippen LogP contribution in [0.2, 0.25) is 0 Å². The summed E-state index contributed by atoms with van der Waals surface area (Å²) >= 11 is 0. The Morgan fingerprint density at radius 2 is 1.91 bits per heavy atom. The number of para-hydroxylation sites is 1. The lowest BCUT2D eigenvalue weighted by molar-refractivity contribution is -0.118. The Kier molecular flexibility index (Phi) is 4.72. The van der Waals surface area contributed by atoms with Crippen molar-refractivity contribution in [3.05, 3.63) is 65.5 Å². The highest BCUT2D eigenvalue weighted by atomic mass is 19.1. The first-order chi connectivity index (χ1) is 11.1. The van der Waals surface area contributed by atoms with Crippen molar-refractivity contribution in [3.8, 4) is 0 Å². The van der Waals surface area contributed by atoms with E-state index in [0.717, 1.165) is 19.3 Å². The van der Waals surface area contributed by atoms with Crippen LogP contribution in [0.15, 0.2) is 48.5 Å². The molecule has 0 radical (unpaired) electrons. The molecule has 0 spiro atoms. The first-order valence-electron chi connectivity index (χ1n) is 8.04. The number of carbonyl (C=O) groups excluding carboxylic acids is 1. The van der Waals surface area contributed by atoms with Gasteiger partial charge in [-0.15, -0.1) is 0 Å². The summed E-state index contributed by atoms with van der Waals surface area (Å²) in [6.45, 7) is 1.81. The minimum absolute atomic E-state index is 0.168. The lowest BCUT2D eigenvalue weighted by Gasteiger charge is -2.29. The smallest absolute Gasteiger partial charge is 0.241 e. The van der Waals surface area contributed by atoms with Crippen molar-refractivity contribution in [2.45, 2.75) is 38.3 Å². The van der Waals surface area contributed by atoms with E-state index in [9.17, 15) is 9.18 Å². The number of halogens is 1. The molecule has 0 bridgehead atoms. The summed E-state index contributed by atoms with van der Waals surface area (Å²) in [5.74, 6) is -0.644. The summed E-state index contributed by atoms with van der Waals surface area (Å²) in [4.78, 5) is 12.3. The van der Waals surface area contributed by atoms with Gasteiger partial charge in [0.25, 0.3) is 0 Å². The molecule has 0 heterocycles. The molecule has 23 heavy (non-hydrogen) atoms. The van der Waals surface area contributed by atoms with Crippen molar-refractivity contribution in [1.29, 1.82) is 0 Å². The molecule has 0 saturated heterocycles. The Labute approximate surface area is 135 Å². The Morgan fingerprint density at radius 3 is 2.74 bits per heavy atom. The molecule has 0 saturated carbocycles. The van der Waals surface area contributed by atoms with Crippen LogP contribution in [-0.2, 0) is 11.2 Å². The Morgan fingerprint density at radius 1 is 1.17 bits per heavy atom. The summed E-state index contributed by atoms with van der Waals surface area (Å²) in [6.07, 6.45) is 3.20. The number of nitrogens with one attached hydrogen (secondary N) is 2. The lowest BCUT2D eigenvalue weighted by atomic mass is 9.87. The molecule has 2 aromatic rings. The predicted octanol–water partition coefficient (Wildman–Crippen LogP) is 3.82. The van der Waals surface area contributed by atoms with E-state index in [1.165, 1.54) is 17.2 Å². The van der Waals surface area contributed by atoms with Gasteiger partial charge in [-0.05, 0) is 49.4 Å². The number of anilines is 1. The van der Waals surface area contributed by atoms with Crippen molar-refractivity contribution in [3.63, 3.8) is 0 Å². The number of hydrogen-bond donors (Lipinski definition) is 2. The third kappa shape index (κ3) is 3.59. The van der Waals surface area contributed by atoms with Gasteiger partial charge in [0.05, 0.1) is 11.7 Å². The van der Waals surface area contributed by atoms with Crippen LogP contribution in [0.3, 0.4) is 0 Å². The van der Waals surface area contributed by atoms with Gasteiger partial charge in [0, 0.05) is 6.04 Å². The fourth-order valence-electron chi connectivity index (χ4n) is 3.11.